The van der Waals surface area contributed by atoms with Gasteiger partial charge in [0.1, 0.15) is 12.1 Å². The van der Waals surface area contributed by atoms with Crippen LogP contribution in [0.2, 0.25) is 0 Å². The monoisotopic (exact) mass is 299 g/mol. The predicted molar refractivity (Wildman–Crippen MR) is 86.1 cm³/mol. The Balaban J connectivity index is 2.00. The fourth-order valence-corrected chi connectivity index (χ4v) is 2.78. The molecule has 2 heterocycles. The molecular formula is C15H17N5S. The van der Waals surface area contributed by atoms with E-state index in [1.165, 1.54) is 16.8 Å². The molecule has 0 aliphatic carbocycles. The topological polar surface area (TPSA) is 46.3 Å². The minimum Gasteiger partial charge on any atom is -0.362 e. The molecule has 0 fully saturated rings. The molecule has 3 aromatic rings. The van der Waals surface area contributed by atoms with Gasteiger partial charge in [0.2, 0.25) is 0 Å². The highest BCUT2D eigenvalue weighted by Crippen LogP contribution is 2.22. The van der Waals surface area contributed by atoms with Crippen LogP contribution in [0.3, 0.4) is 0 Å². The zero-order chi connectivity index (χ0) is 14.8. The van der Waals surface area contributed by atoms with Crippen LogP contribution in [0.4, 0.5) is 5.82 Å². The van der Waals surface area contributed by atoms with Crippen LogP contribution in [0.1, 0.15) is 11.1 Å². The maximum Gasteiger partial charge on any atom is 0.254 e. The number of benzene rings is 1. The molecular weight excluding hydrogens is 282 g/mol. The summed E-state index contributed by atoms with van der Waals surface area (Å²) in [6.45, 7) is 0. The number of thioether (sulfide) groups is 1. The van der Waals surface area contributed by atoms with Gasteiger partial charge in [0.05, 0.1) is 0 Å². The minimum atomic E-state index is 0.625. The van der Waals surface area contributed by atoms with E-state index in [1.54, 1.807) is 16.3 Å². The summed E-state index contributed by atoms with van der Waals surface area (Å²) in [5.41, 5.74) is 2.40. The van der Waals surface area contributed by atoms with Crippen molar-refractivity contribution in [3.8, 4) is 0 Å². The predicted octanol–water partition coefficient (Wildman–Crippen LogP) is 2.50. The van der Waals surface area contributed by atoms with Crippen molar-refractivity contribution >= 4 is 23.4 Å². The Labute approximate surface area is 128 Å². The highest BCUT2D eigenvalue weighted by molar-refractivity contribution is 7.98. The second-order valence-corrected chi connectivity index (χ2v) is 5.88. The van der Waals surface area contributed by atoms with Crippen molar-refractivity contribution in [2.75, 3.05) is 25.3 Å². The van der Waals surface area contributed by atoms with Crippen molar-refractivity contribution in [1.29, 1.82) is 0 Å². The zero-order valence-corrected chi connectivity index (χ0v) is 13.1. The lowest BCUT2D eigenvalue weighted by Gasteiger charge is -2.17. The summed E-state index contributed by atoms with van der Waals surface area (Å²) in [6, 6.07) is 8.63. The maximum atomic E-state index is 4.37. The van der Waals surface area contributed by atoms with Crippen LogP contribution >= 0.6 is 11.8 Å². The van der Waals surface area contributed by atoms with Crippen molar-refractivity contribution in [2.45, 2.75) is 11.3 Å². The van der Waals surface area contributed by atoms with Gasteiger partial charge in [-0.3, -0.25) is 0 Å². The molecule has 0 amide bonds. The van der Waals surface area contributed by atoms with Gasteiger partial charge in [-0.15, -0.1) is 11.8 Å². The molecule has 0 spiro atoms. The summed E-state index contributed by atoms with van der Waals surface area (Å²) >= 11 is 1.75. The number of hydrogen-bond acceptors (Lipinski definition) is 5. The minimum absolute atomic E-state index is 0.625. The van der Waals surface area contributed by atoms with Crippen molar-refractivity contribution in [3.63, 3.8) is 0 Å². The Hall–Kier alpha value is -2.08. The molecule has 0 saturated heterocycles. The van der Waals surface area contributed by atoms with Gasteiger partial charge < -0.3 is 4.90 Å². The molecule has 0 aliphatic rings. The van der Waals surface area contributed by atoms with Crippen LogP contribution in [0.25, 0.3) is 5.78 Å². The molecule has 6 heteroatoms. The molecule has 0 radical (unpaired) electrons. The first-order valence-corrected chi connectivity index (χ1v) is 7.89. The number of anilines is 1. The maximum absolute atomic E-state index is 4.37. The Morgan fingerprint density at radius 2 is 1.90 bits per heavy atom. The molecule has 1 aromatic carbocycles. The van der Waals surface area contributed by atoms with E-state index in [2.05, 4.69) is 50.5 Å². The second-order valence-electron chi connectivity index (χ2n) is 5.00. The summed E-state index contributed by atoms with van der Waals surface area (Å²) in [7, 11) is 4.02. The van der Waals surface area contributed by atoms with Gasteiger partial charge in [-0.05, 0) is 24.0 Å². The van der Waals surface area contributed by atoms with Crippen LogP contribution in [-0.4, -0.2) is 39.9 Å². The lowest BCUT2D eigenvalue weighted by atomic mass is 10.1. The van der Waals surface area contributed by atoms with Crippen LogP contribution in [-0.2, 0) is 6.42 Å². The number of hydrogen-bond donors (Lipinski definition) is 0. The van der Waals surface area contributed by atoms with Gasteiger partial charge >= 0.3 is 0 Å². The molecule has 0 unspecified atom stereocenters. The summed E-state index contributed by atoms with van der Waals surface area (Å²) < 4.78 is 1.78. The zero-order valence-electron chi connectivity index (χ0n) is 12.3. The smallest absolute Gasteiger partial charge is 0.254 e. The molecule has 0 aliphatic heterocycles. The molecule has 3 rings (SSSR count). The van der Waals surface area contributed by atoms with Crippen LogP contribution in [0, 0.1) is 0 Å². The first-order valence-electron chi connectivity index (χ1n) is 6.67. The van der Waals surface area contributed by atoms with E-state index in [0.717, 1.165) is 17.8 Å². The summed E-state index contributed by atoms with van der Waals surface area (Å²) in [6.07, 6.45) is 6.33. The Bertz CT molecular complexity index is 748. The van der Waals surface area contributed by atoms with E-state index in [-0.39, 0.29) is 0 Å². The lowest BCUT2D eigenvalue weighted by Crippen LogP contribution is -2.17. The Morgan fingerprint density at radius 1 is 1.14 bits per heavy atom. The molecule has 108 valence electrons. The Morgan fingerprint density at radius 3 is 2.57 bits per heavy atom. The second kappa shape index (κ2) is 5.73. The quantitative estimate of drug-likeness (QED) is 0.693. The van der Waals surface area contributed by atoms with Crippen LogP contribution < -0.4 is 4.90 Å². The Kier molecular flexibility index (Phi) is 3.79. The van der Waals surface area contributed by atoms with Crippen molar-refractivity contribution in [1.82, 2.24) is 19.6 Å². The van der Waals surface area contributed by atoms with E-state index in [9.17, 15) is 0 Å². The van der Waals surface area contributed by atoms with E-state index >= 15 is 0 Å². The number of aromatic nitrogens is 4. The van der Waals surface area contributed by atoms with E-state index in [4.69, 9.17) is 0 Å². The van der Waals surface area contributed by atoms with Crippen LogP contribution in [0.5, 0.6) is 0 Å². The highest BCUT2D eigenvalue weighted by atomic mass is 32.2. The lowest BCUT2D eigenvalue weighted by molar-refractivity contribution is 0.874. The summed E-state index contributed by atoms with van der Waals surface area (Å²) in [5, 5.41) is 4.27. The third-order valence-corrected chi connectivity index (χ3v) is 4.07. The number of rotatable bonds is 4. The highest BCUT2D eigenvalue weighted by Gasteiger charge is 2.12. The fourth-order valence-electron chi connectivity index (χ4n) is 2.37. The normalized spacial score (nSPS) is 11.0. The molecule has 0 saturated carbocycles. The molecule has 2 aromatic heterocycles. The van der Waals surface area contributed by atoms with Crippen molar-refractivity contribution in [3.05, 3.63) is 47.9 Å². The first-order chi connectivity index (χ1) is 10.2. The van der Waals surface area contributed by atoms with E-state index < -0.39 is 0 Å². The third kappa shape index (κ3) is 2.71. The standard InChI is InChI=1S/C15H17N5S/c1-19(2)14-12(9-16-15-17-10-18-20(14)15)8-11-4-6-13(21-3)7-5-11/h4-7,9-10H,8H2,1-3H3. The summed E-state index contributed by atoms with van der Waals surface area (Å²) in [4.78, 5) is 11.8. The molecule has 5 nitrogen and oxygen atoms in total. The third-order valence-electron chi connectivity index (χ3n) is 3.33. The molecule has 0 bridgehead atoms. The number of nitrogens with zero attached hydrogens (tertiary/aromatic N) is 5. The SMILES string of the molecule is CSc1ccc(Cc2cnc3ncnn3c2N(C)C)cc1. The van der Waals surface area contributed by atoms with Gasteiger partial charge in [0.25, 0.3) is 5.78 Å². The average molecular weight is 299 g/mol. The first kappa shape index (κ1) is 13.9. The van der Waals surface area contributed by atoms with Crippen LogP contribution in [0.15, 0.2) is 41.7 Å². The van der Waals surface area contributed by atoms with Crippen molar-refractivity contribution < 1.29 is 0 Å². The van der Waals surface area contributed by atoms with Gasteiger partial charge in [-0.2, -0.15) is 14.6 Å². The van der Waals surface area contributed by atoms with Gasteiger partial charge in [0.15, 0.2) is 0 Å². The fraction of sp³-hybridized carbons (Fsp3) is 0.267. The molecule has 21 heavy (non-hydrogen) atoms. The van der Waals surface area contributed by atoms with Crippen molar-refractivity contribution in [2.24, 2.45) is 0 Å². The van der Waals surface area contributed by atoms with Gasteiger partial charge in [0, 0.05) is 37.2 Å². The van der Waals surface area contributed by atoms with Gasteiger partial charge in [-0.1, -0.05) is 12.1 Å². The molecule has 0 atom stereocenters. The largest absolute Gasteiger partial charge is 0.362 e. The van der Waals surface area contributed by atoms with E-state index in [0.29, 0.717) is 5.78 Å². The van der Waals surface area contributed by atoms with Gasteiger partial charge in [-0.25, -0.2) is 4.98 Å². The molecule has 0 N–H and O–H groups in total. The van der Waals surface area contributed by atoms with E-state index in [1.807, 2.05) is 20.3 Å². The average Bonchev–Trinajstić information content (AvgIpc) is 2.95. The summed E-state index contributed by atoms with van der Waals surface area (Å²) in [5.74, 6) is 1.65. The number of fused-ring (bicyclic) bond motifs is 1.